The maximum absolute atomic E-state index is 12.8. The van der Waals surface area contributed by atoms with Crippen molar-refractivity contribution in [2.75, 3.05) is 0 Å². The van der Waals surface area contributed by atoms with Crippen LogP contribution < -0.4 is 5.69 Å². The molecule has 0 radical (unpaired) electrons. The molecule has 0 amide bonds. The highest BCUT2D eigenvalue weighted by Crippen LogP contribution is 2.23. The number of aryl methyl sites for hydroxylation is 2. The summed E-state index contributed by atoms with van der Waals surface area (Å²) in [6.07, 6.45) is 0. The van der Waals surface area contributed by atoms with Gasteiger partial charge in [-0.2, -0.15) is 0 Å². The van der Waals surface area contributed by atoms with Crippen LogP contribution >= 0.6 is 0 Å². The molecule has 0 saturated heterocycles. The summed E-state index contributed by atoms with van der Waals surface area (Å²) in [5.74, 6) is 0. The highest BCUT2D eigenvalue weighted by Gasteiger charge is 2.18. The molecule has 0 spiro atoms. The fraction of sp³-hybridized carbons (Fsp3) is 0.0952. The number of fused-ring (bicyclic) bond motifs is 1. The molecule has 5 nitrogen and oxygen atoms in total. The molecule has 0 aliphatic rings. The van der Waals surface area contributed by atoms with Gasteiger partial charge in [-0.05, 0) is 55.5 Å². The predicted octanol–water partition coefficient (Wildman–Crippen LogP) is 3.47. The van der Waals surface area contributed by atoms with Crippen LogP contribution in [0, 0.1) is 6.92 Å². The van der Waals surface area contributed by atoms with Crippen molar-refractivity contribution < 1.29 is 8.42 Å². The molecule has 0 fully saturated rings. The molecule has 0 atom stereocenters. The van der Waals surface area contributed by atoms with Gasteiger partial charge in [0.25, 0.3) is 0 Å². The number of hydrogen-bond donors (Lipinski definition) is 0. The molecule has 0 unspecified atom stereocenters. The van der Waals surface area contributed by atoms with Gasteiger partial charge < -0.3 is 0 Å². The normalized spacial score (nSPS) is 11.8. The second kappa shape index (κ2) is 6.25. The van der Waals surface area contributed by atoms with Crippen molar-refractivity contribution in [2.45, 2.75) is 16.7 Å². The number of imidazole rings is 1. The van der Waals surface area contributed by atoms with Gasteiger partial charge in [-0.3, -0.25) is 9.13 Å². The van der Waals surface area contributed by atoms with Crippen LogP contribution in [0.1, 0.15) is 5.56 Å². The first-order chi connectivity index (χ1) is 12.9. The standard InChI is InChI=1S/C21H18N2O3S/c1-15-7-11-17(12-8-15)27(25,26)18-13-9-16(10-14-18)23-20-6-4-3-5-19(20)22(2)21(23)24/h3-14H,1-2H3. The van der Waals surface area contributed by atoms with Crippen molar-refractivity contribution in [3.63, 3.8) is 0 Å². The summed E-state index contributed by atoms with van der Waals surface area (Å²) in [4.78, 5) is 13.1. The molecule has 1 heterocycles. The average molecular weight is 378 g/mol. The molecule has 0 aliphatic carbocycles. The predicted molar refractivity (Wildman–Crippen MR) is 105 cm³/mol. The zero-order valence-corrected chi connectivity index (χ0v) is 15.8. The minimum absolute atomic E-state index is 0.176. The molecule has 27 heavy (non-hydrogen) atoms. The van der Waals surface area contributed by atoms with Crippen LogP contribution in [0.4, 0.5) is 0 Å². The topological polar surface area (TPSA) is 61.1 Å². The van der Waals surface area contributed by atoms with Crippen molar-refractivity contribution in [1.29, 1.82) is 0 Å². The number of hydrogen-bond acceptors (Lipinski definition) is 3. The summed E-state index contributed by atoms with van der Waals surface area (Å²) >= 11 is 0. The van der Waals surface area contributed by atoms with Gasteiger partial charge in [-0.15, -0.1) is 0 Å². The maximum atomic E-state index is 12.8. The zero-order valence-electron chi connectivity index (χ0n) is 15.0. The molecule has 4 aromatic rings. The minimum Gasteiger partial charge on any atom is -0.295 e. The SMILES string of the molecule is Cc1ccc(S(=O)(=O)c2ccc(-n3c(=O)n(C)c4ccccc43)cc2)cc1. The molecule has 0 saturated carbocycles. The van der Waals surface area contributed by atoms with E-state index in [1.807, 2.05) is 31.2 Å². The Kier molecular flexibility index (Phi) is 4.00. The van der Waals surface area contributed by atoms with Crippen molar-refractivity contribution >= 4 is 20.9 Å². The van der Waals surface area contributed by atoms with E-state index in [4.69, 9.17) is 0 Å². The van der Waals surface area contributed by atoms with E-state index in [0.717, 1.165) is 16.6 Å². The Morgan fingerprint density at radius 2 is 1.26 bits per heavy atom. The lowest BCUT2D eigenvalue weighted by atomic mass is 10.2. The van der Waals surface area contributed by atoms with Crippen LogP contribution in [-0.4, -0.2) is 17.6 Å². The van der Waals surface area contributed by atoms with E-state index in [2.05, 4.69) is 0 Å². The number of sulfone groups is 1. The summed E-state index contributed by atoms with van der Waals surface area (Å²) in [6, 6.07) is 20.7. The van der Waals surface area contributed by atoms with E-state index in [1.165, 1.54) is 0 Å². The fourth-order valence-corrected chi connectivity index (χ4v) is 4.43. The van der Waals surface area contributed by atoms with Gasteiger partial charge in [0.15, 0.2) is 0 Å². The quantitative estimate of drug-likeness (QED) is 0.548. The lowest BCUT2D eigenvalue weighted by molar-refractivity contribution is 0.596. The van der Waals surface area contributed by atoms with E-state index in [0.29, 0.717) is 5.69 Å². The van der Waals surface area contributed by atoms with E-state index in [-0.39, 0.29) is 15.5 Å². The Morgan fingerprint density at radius 3 is 1.85 bits per heavy atom. The summed E-state index contributed by atoms with van der Waals surface area (Å²) in [7, 11) is -1.88. The Bertz CT molecular complexity index is 1300. The summed E-state index contributed by atoms with van der Waals surface area (Å²) in [6.45, 7) is 1.91. The van der Waals surface area contributed by atoms with Gasteiger partial charge in [-0.25, -0.2) is 13.2 Å². The Balaban J connectivity index is 1.81. The maximum Gasteiger partial charge on any atom is 0.333 e. The lowest BCUT2D eigenvalue weighted by Gasteiger charge is -2.07. The van der Waals surface area contributed by atoms with Crippen LogP contribution in [-0.2, 0) is 16.9 Å². The van der Waals surface area contributed by atoms with Crippen LogP contribution in [0.15, 0.2) is 87.4 Å². The highest BCUT2D eigenvalue weighted by molar-refractivity contribution is 7.91. The summed E-state index contributed by atoms with van der Waals surface area (Å²) < 4.78 is 28.8. The van der Waals surface area contributed by atoms with Crippen LogP contribution in [0.3, 0.4) is 0 Å². The Hall–Kier alpha value is -3.12. The first-order valence-corrected chi connectivity index (χ1v) is 9.96. The van der Waals surface area contributed by atoms with Crippen molar-refractivity contribution in [3.05, 3.63) is 88.8 Å². The first-order valence-electron chi connectivity index (χ1n) is 8.48. The number of aromatic nitrogens is 2. The third-order valence-electron chi connectivity index (χ3n) is 4.70. The van der Waals surface area contributed by atoms with Gasteiger partial charge in [0.2, 0.25) is 9.84 Å². The summed E-state index contributed by atoms with van der Waals surface area (Å²) in [5.41, 5.74) is 3.04. The summed E-state index contributed by atoms with van der Waals surface area (Å²) in [5, 5.41) is 0. The molecular formula is C21H18N2O3S. The number of nitrogens with zero attached hydrogens (tertiary/aromatic N) is 2. The van der Waals surface area contributed by atoms with Crippen LogP contribution in [0.25, 0.3) is 16.7 Å². The monoisotopic (exact) mass is 378 g/mol. The number of rotatable bonds is 3. The van der Waals surface area contributed by atoms with Crippen LogP contribution in [0.2, 0.25) is 0 Å². The van der Waals surface area contributed by atoms with Gasteiger partial charge in [0.05, 0.1) is 26.5 Å². The van der Waals surface area contributed by atoms with E-state index < -0.39 is 9.84 Å². The molecule has 136 valence electrons. The molecule has 4 rings (SSSR count). The van der Waals surface area contributed by atoms with Crippen molar-refractivity contribution in [3.8, 4) is 5.69 Å². The third-order valence-corrected chi connectivity index (χ3v) is 6.48. The Morgan fingerprint density at radius 1 is 0.741 bits per heavy atom. The van der Waals surface area contributed by atoms with E-state index >= 15 is 0 Å². The van der Waals surface area contributed by atoms with Gasteiger partial charge in [0.1, 0.15) is 0 Å². The third kappa shape index (κ3) is 2.78. The fourth-order valence-electron chi connectivity index (χ4n) is 3.17. The van der Waals surface area contributed by atoms with E-state index in [9.17, 15) is 13.2 Å². The van der Waals surface area contributed by atoms with Gasteiger partial charge in [0, 0.05) is 7.05 Å². The second-order valence-corrected chi connectivity index (χ2v) is 8.43. The molecule has 1 aromatic heterocycles. The molecule has 0 aliphatic heterocycles. The number of para-hydroxylation sites is 2. The first kappa shape index (κ1) is 17.3. The average Bonchev–Trinajstić information content (AvgIpc) is 2.93. The largest absolute Gasteiger partial charge is 0.333 e. The zero-order chi connectivity index (χ0) is 19.2. The van der Waals surface area contributed by atoms with Crippen molar-refractivity contribution in [2.24, 2.45) is 7.05 Å². The van der Waals surface area contributed by atoms with E-state index in [1.54, 1.807) is 64.7 Å². The van der Waals surface area contributed by atoms with Crippen LogP contribution in [0.5, 0.6) is 0 Å². The molecule has 0 N–H and O–H groups in total. The second-order valence-electron chi connectivity index (χ2n) is 6.48. The molecule has 0 bridgehead atoms. The molecule has 3 aromatic carbocycles. The van der Waals surface area contributed by atoms with Crippen molar-refractivity contribution in [1.82, 2.24) is 9.13 Å². The van der Waals surface area contributed by atoms with Gasteiger partial charge in [-0.1, -0.05) is 29.8 Å². The highest BCUT2D eigenvalue weighted by atomic mass is 32.2. The molecular weight excluding hydrogens is 360 g/mol. The van der Waals surface area contributed by atoms with Gasteiger partial charge >= 0.3 is 5.69 Å². The smallest absolute Gasteiger partial charge is 0.295 e. The minimum atomic E-state index is -3.59. The Labute approximate surface area is 157 Å². The number of benzene rings is 3. The molecule has 6 heteroatoms. The lowest BCUT2D eigenvalue weighted by Crippen LogP contribution is -2.20.